The Hall–Kier alpha value is -4.13. The highest BCUT2D eigenvalue weighted by molar-refractivity contribution is 5.94. The first kappa shape index (κ1) is 21.1. The number of hydrogen-bond acceptors (Lipinski definition) is 4. The van der Waals surface area contributed by atoms with Crippen molar-refractivity contribution in [2.75, 3.05) is 0 Å². The van der Waals surface area contributed by atoms with Crippen molar-refractivity contribution >= 4 is 5.91 Å². The number of amides is 1. The highest BCUT2D eigenvalue weighted by atomic mass is 16.5. The van der Waals surface area contributed by atoms with Gasteiger partial charge in [-0.25, -0.2) is 4.98 Å². The second kappa shape index (κ2) is 9.34. The van der Waals surface area contributed by atoms with E-state index in [-0.39, 0.29) is 11.5 Å². The summed E-state index contributed by atoms with van der Waals surface area (Å²) >= 11 is 0. The van der Waals surface area contributed by atoms with Gasteiger partial charge in [-0.15, -0.1) is 0 Å². The molecule has 0 spiro atoms. The van der Waals surface area contributed by atoms with E-state index in [4.69, 9.17) is 4.74 Å². The molecule has 2 aromatic heterocycles. The Bertz CT molecular complexity index is 1280. The van der Waals surface area contributed by atoms with Crippen LogP contribution in [0, 0.1) is 6.92 Å². The van der Waals surface area contributed by atoms with Crippen LogP contribution in [-0.4, -0.2) is 20.0 Å². The fourth-order valence-corrected chi connectivity index (χ4v) is 3.47. The molecule has 0 fully saturated rings. The highest BCUT2D eigenvalue weighted by Crippen LogP contribution is 2.15. The molecule has 2 heterocycles. The van der Waals surface area contributed by atoms with Gasteiger partial charge in [-0.3, -0.25) is 14.2 Å². The number of nitrogens with one attached hydrogen (secondary N) is 1. The second-order valence-corrected chi connectivity index (χ2v) is 7.42. The van der Waals surface area contributed by atoms with Gasteiger partial charge < -0.3 is 14.6 Å². The van der Waals surface area contributed by atoms with Crippen LogP contribution < -0.4 is 15.6 Å². The molecule has 0 bridgehead atoms. The summed E-state index contributed by atoms with van der Waals surface area (Å²) in [5, 5.41) is 2.91. The van der Waals surface area contributed by atoms with E-state index < -0.39 is 0 Å². The van der Waals surface area contributed by atoms with E-state index in [2.05, 4.69) is 10.3 Å². The normalized spacial score (nSPS) is 10.7. The molecule has 0 aliphatic rings. The van der Waals surface area contributed by atoms with Crippen LogP contribution in [0.4, 0.5) is 0 Å². The highest BCUT2D eigenvalue weighted by Gasteiger charge is 2.20. The number of aryl methyl sites for hydroxylation is 1. The first-order valence-electron chi connectivity index (χ1n) is 10.3. The molecule has 0 atom stereocenters. The van der Waals surface area contributed by atoms with Crippen LogP contribution in [0.15, 0.2) is 83.8 Å². The summed E-state index contributed by atoms with van der Waals surface area (Å²) in [6.45, 7) is 2.54. The largest absolute Gasteiger partial charge is 0.489 e. The third-order valence-electron chi connectivity index (χ3n) is 5.11. The van der Waals surface area contributed by atoms with Crippen LogP contribution in [0.5, 0.6) is 5.75 Å². The van der Waals surface area contributed by atoms with Crippen LogP contribution >= 0.6 is 0 Å². The van der Waals surface area contributed by atoms with Crippen molar-refractivity contribution in [2.24, 2.45) is 7.05 Å². The molecule has 32 heavy (non-hydrogen) atoms. The van der Waals surface area contributed by atoms with Crippen LogP contribution in [-0.2, 0) is 20.2 Å². The number of pyridine rings is 1. The number of imidazole rings is 1. The Labute approximate surface area is 185 Å². The lowest BCUT2D eigenvalue weighted by Crippen LogP contribution is -2.26. The lowest BCUT2D eigenvalue weighted by molar-refractivity contribution is 0.0942. The summed E-state index contributed by atoms with van der Waals surface area (Å²) in [5.41, 5.74) is 2.68. The predicted molar refractivity (Wildman–Crippen MR) is 122 cm³/mol. The Balaban J connectivity index is 1.51. The number of benzene rings is 2. The van der Waals surface area contributed by atoms with Gasteiger partial charge in [0.25, 0.3) is 11.5 Å². The summed E-state index contributed by atoms with van der Waals surface area (Å²) in [4.78, 5) is 30.0. The molecule has 1 N–H and O–H groups in total. The van der Waals surface area contributed by atoms with Crippen molar-refractivity contribution in [1.29, 1.82) is 0 Å². The fourth-order valence-electron chi connectivity index (χ4n) is 3.47. The molecule has 7 heteroatoms. The van der Waals surface area contributed by atoms with Crippen LogP contribution in [0.3, 0.4) is 0 Å². The summed E-state index contributed by atoms with van der Waals surface area (Å²) in [5.74, 6) is 0.595. The topological polar surface area (TPSA) is 78.2 Å². The minimum absolute atomic E-state index is 0.247. The quantitative estimate of drug-likeness (QED) is 0.490. The number of hydrogen-bond donors (Lipinski definition) is 1. The summed E-state index contributed by atoms with van der Waals surface area (Å²) in [6, 6.07) is 22.5. The van der Waals surface area contributed by atoms with Gasteiger partial charge in [0.05, 0.1) is 5.69 Å². The standard InChI is InChI=1S/C25H24N4O3/c1-18-23(24(31)26-16-19-9-5-3-6-10-19)28(2)25(27-18)29-14-13-21(15-22(29)30)32-17-20-11-7-4-8-12-20/h3-15H,16-17H2,1-2H3,(H,26,31). The summed E-state index contributed by atoms with van der Waals surface area (Å²) in [6.07, 6.45) is 1.61. The number of rotatable bonds is 7. The predicted octanol–water partition coefficient (Wildman–Crippen LogP) is 3.39. The molecule has 0 aliphatic carbocycles. The molecule has 0 saturated carbocycles. The number of carbonyl (C=O) groups is 1. The average Bonchev–Trinajstić information content (AvgIpc) is 3.11. The van der Waals surface area contributed by atoms with Gasteiger partial charge >= 0.3 is 0 Å². The minimum Gasteiger partial charge on any atom is -0.489 e. The Kier molecular flexibility index (Phi) is 6.17. The van der Waals surface area contributed by atoms with Gasteiger partial charge in [0.2, 0.25) is 5.95 Å². The molecule has 4 rings (SSSR count). The maximum Gasteiger partial charge on any atom is 0.270 e. The molecular formula is C25H24N4O3. The lowest BCUT2D eigenvalue weighted by atomic mass is 10.2. The smallest absolute Gasteiger partial charge is 0.270 e. The van der Waals surface area contributed by atoms with E-state index in [1.807, 2.05) is 60.7 Å². The van der Waals surface area contributed by atoms with E-state index in [1.54, 1.807) is 30.8 Å². The third kappa shape index (κ3) is 4.62. The Morgan fingerprint density at radius 2 is 1.66 bits per heavy atom. The number of ether oxygens (including phenoxy) is 1. The molecular weight excluding hydrogens is 404 g/mol. The van der Waals surface area contributed by atoms with E-state index in [0.717, 1.165) is 11.1 Å². The van der Waals surface area contributed by atoms with E-state index >= 15 is 0 Å². The van der Waals surface area contributed by atoms with Gasteiger partial charge in [0.15, 0.2) is 0 Å². The molecule has 7 nitrogen and oxygen atoms in total. The van der Waals surface area contributed by atoms with Crippen LogP contribution in [0.2, 0.25) is 0 Å². The zero-order chi connectivity index (χ0) is 22.5. The van der Waals surface area contributed by atoms with Crippen molar-refractivity contribution in [3.8, 4) is 11.7 Å². The molecule has 0 radical (unpaired) electrons. The van der Waals surface area contributed by atoms with Crippen molar-refractivity contribution in [3.05, 3.63) is 112 Å². The van der Waals surface area contributed by atoms with Crippen LogP contribution in [0.1, 0.15) is 27.3 Å². The molecule has 2 aromatic carbocycles. The molecule has 0 aliphatic heterocycles. The van der Waals surface area contributed by atoms with Crippen molar-refractivity contribution in [1.82, 2.24) is 19.4 Å². The van der Waals surface area contributed by atoms with Gasteiger partial charge in [-0.2, -0.15) is 0 Å². The van der Waals surface area contributed by atoms with E-state index in [1.165, 1.54) is 10.6 Å². The Morgan fingerprint density at radius 3 is 2.31 bits per heavy atom. The first-order chi connectivity index (χ1) is 15.5. The van der Waals surface area contributed by atoms with E-state index in [0.29, 0.717) is 36.2 Å². The number of carbonyl (C=O) groups excluding carboxylic acids is 1. The lowest BCUT2D eigenvalue weighted by Gasteiger charge is -2.10. The van der Waals surface area contributed by atoms with E-state index in [9.17, 15) is 9.59 Å². The molecule has 162 valence electrons. The maximum atomic E-state index is 12.8. The monoisotopic (exact) mass is 428 g/mol. The summed E-state index contributed by atoms with van der Waals surface area (Å²) < 4.78 is 8.76. The van der Waals surface area contributed by atoms with Crippen molar-refractivity contribution in [2.45, 2.75) is 20.1 Å². The van der Waals surface area contributed by atoms with Crippen molar-refractivity contribution < 1.29 is 9.53 Å². The Morgan fingerprint density at radius 1 is 1.00 bits per heavy atom. The summed E-state index contributed by atoms with van der Waals surface area (Å²) in [7, 11) is 1.72. The van der Waals surface area contributed by atoms with Crippen LogP contribution in [0.25, 0.3) is 5.95 Å². The molecule has 4 aromatic rings. The van der Waals surface area contributed by atoms with Gasteiger partial charge in [0, 0.05) is 25.9 Å². The zero-order valence-electron chi connectivity index (χ0n) is 18.0. The zero-order valence-corrected chi connectivity index (χ0v) is 18.0. The molecule has 0 unspecified atom stereocenters. The third-order valence-corrected chi connectivity index (χ3v) is 5.11. The fraction of sp³-hybridized carbons (Fsp3) is 0.160. The number of nitrogens with zero attached hydrogens (tertiary/aromatic N) is 3. The first-order valence-corrected chi connectivity index (χ1v) is 10.3. The average molecular weight is 428 g/mol. The van der Waals surface area contributed by atoms with Gasteiger partial charge in [-0.1, -0.05) is 60.7 Å². The SMILES string of the molecule is Cc1nc(-n2ccc(OCc3ccccc3)cc2=O)n(C)c1C(=O)NCc1ccccc1. The maximum absolute atomic E-state index is 12.8. The van der Waals surface area contributed by atoms with Gasteiger partial charge in [0.1, 0.15) is 18.1 Å². The van der Waals surface area contributed by atoms with Crippen molar-refractivity contribution in [3.63, 3.8) is 0 Å². The molecule has 0 saturated heterocycles. The minimum atomic E-state index is -0.292. The molecule has 1 amide bonds. The number of aromatic nitrogens is 3. The van der Waals surface area contributed by atoms with Gasteiger partial charge in [-0.05, 0) is 24.1 Å². The second-order valence-electron chi connectivity index (χ2n) is 7.42.